The molecule has 2 amide bonds. The average molecular weight is 369 g/mol. The molecule has 0 saturated carbocycles. The molecule has 0 radical (unpaired) electrons. The van der Waals surface area contributed by atoms with Crippen LogP contribution in [-0.4, -0.2) is 54.2 Å². The molecule has 0 unspecified atom stereocenters. The largest absolute Gasteiger partial charge is 0.508 e. The lowest BCUT2D eigenvalue weighted by Crippen LogP contribution is -2.49. The average Bonchev–Trinajstić information content (AvgIpc) is 2.65. The monoisotopic (exact) mass is 369 g/mol. The van der Waals surface area contributed by atoms with Gasteiger partial charge in [0, 0.05) is 44.0 Å². The van der Waals surface area contributed by atoms with Gasteiger partial charge in [-0.25, -0.2) is 4.79 Å². The van der Waals surface area contributed by atoms with Gasteiger partial charge in [0.2, 0.25) is 0 Å². The van der Waals surface area contributed by atoms with Gasteiger partial charge in [-0.1, -0.05) is 12.1 Å². The van der Waals surface area contributed by atoms with E-state index in [0.717, 1.165) is 42.0 Å². The Morgan fingerprint density at radius 3 is 2.56 bits per heavy atom. The fraction of sp³-hybridized carbons (Fsp3) is 0.381. The first-order valence-corrected chi connectivity index (χ1v) is 9.17. The van der Waals surface area contributed by atoms with Crippen LogP contribution in [0.15, 0.2) is 36.4 Å². The summed E-state index contributed by atoms with van der Waals surface area (Å²) < 4.78 is 5.33. The van der Waals surface area contributed by atoms with E-state index in [1.54, 1.807) is 13.2 Å². The number of hydrogen-bond acceptors (Lipinski definition) is 4. The molecule has 1 aliphatic heterocycles. The number of nitrogens with one attached hydrogen (secondary N) is 1. The zero-order chi connectivity index (χ0) is 19.4. The van der Waals surface area contributed by atoms with Crippen molar-refractivity contribution in [2.75, 3.05) is 38.6 Å². The van der Waals surface area contributed by atoms with Crippen molar-refractivity contribution in [2.24, 2.45) is 0 Å². The molecule has 0 bridgehead atoms. The van der Waals surface area contributed by atoms with E-state index in [4.69, 9.17) is 4.74 Å². The van der Waals surface area contributed by atoms with Gasteiger partial charge in [0.15, 0.2) is 0 Å². The van der Waals surface area contributed by atoms with E-state index in [1.165, 1.54) is 0 Å². The van der Waals surface area contributed by atoms with Gasteiger partial charge < -0.3 is 20.1 Å². The van der Waals surface area contributed by atoms with Gasteiger partial charge in [0.1, 0.15) is 11.5 Å². The molecule has 1 heterocycles. The minimum Gasteiger partial charge on any atom is -0.508 e. The molecule has 6 nitrogen and oxygen atoms in total. The molecule has 1 saturated heterocycles. The summed E-state index contributed by atoms with van der Waals surface area (Å²) >= 11 is 0. The Hall–Kier alpha value is -2.73. The minimum absolute atomic E-state index is 0.0603. The Bertz CT molecular complexity index is 814. The van der Waals surface area contributed by atoms with Gasteiger partial charge in [-0.15, -0.1) is 0 Å². The Morgan fingerprint density at radius 1 is 1.15 bits per heavy atom. The number of anilines is 1. The first kappa shape index (κ1) is 19.0. The number of aryl methyl sites for hydroxylation is 1. The van der Waals surface area contributed by atoms with Crippen molar-refractivity contribution >= 4 is 11.7 Å². The molecular formula is C21H27N3O3. The lowest BCUT2D eigenvalue weighted by molar-refractivity contribution is 0.143. The first-order chi connectivity index (χ1) is 13.0. The minimum atomic E-state index is -0.0603. The van der Waals surface area contributed by atoms with Crippen molar-refractivity contribution in [3.05, 3.63) is 53.1 Å². The first-order valence-electron chi connectivity index (χ1n) is 9.17. The number of methoxy groups -OCH3 is 1. The summed E-state index contributed by atoms with van der Waals surface area (Å²) in [5, 5.41) is 13.0. The molecule has 0 spiro atoms. The zero-order valence-corrected chi connectivity index (χ0v) is 16.2. The van der Waals surface area contributed by atoms with E-state index in [2.05, 4.69) is 10.2 Å². The third-order valence-corrected chi connectivity index (χ3v) is 4.95. The summed E-state index contributed by atoms with van der Waals surface area (Å²) in [6.45, 7) is 7.49. The van der Waals surface area contributed by atoms with Crippen LogP contribution >= 0.6 is 0 Å². The number of rotatable bonds is 4. The standard InChI is InChI=1S/C21H27N3O3/c1-15-5-4-6-18(11-15)22-21(26)24-9-7-23(8-10-24)14-17-12-19(25)16(2)20(13-17)27-3/h4-6,11-13,25H,7-10,14H2,1-3H3,(H,22,26). The Labute approximate surface area is 160 Å². The number of phenols is 1. The summed E-state index contributed by atoms with van der Waals surface area (Å²) in [6.07, 6.45) is 0. The molecule has 3 rings (SSSR count). The second kappa shape index (κ2) is 8.31. The molecule has 1 fully saturated rings. The summed E-state index contributed by atoms with van der Waals surface area (Å²) in [4.78, 5) is 16.6. The zero-order valence-electron chi connectivity index (χ0n) is 16.2. The molecular weight excluding hydrogens is 342 g/mol. The van der Waals surface area contributed by atoms with Gasteiger partial charge in [-0.05, 0) is 49.2 Å². The van der Waals surface area contributed by atoms with Crippen LogP contribution in [0.25, 0.3) is 0 Å². The predicted octanol–water partition coefficient (Wildman–Crippen LogP) is 3.37. The van der Waals surface area contributed by atoms with Crippen molar-refractivity contribution in [3.8, 4) is 11.5 Å². The maximum Gasteiger partial charge on any atom is 0.321 e. The second-order valence-corrected chi connectivity index (χ2v) is 7.01. The normalized spacial score (nSPS) is 14.9. The number of benzene rings is 2. The molecule has 2 N–H and O–H groups in total. The van der Waals surface area contributed by atoms with Gasteiger partial charge >= 0.3 is 6.03 Å². The number of aromatic hydroxyl groups is 1. The summed E-state index contributed by atoms with van der Waals surface area (Å²) in [5.41, 5.74) is 3.70. The number of ether oxygens (including phenoxy) is 1. The number of nitrogens with zero attached hydrogens (tertiary/aromatic N) is 2. The fourth-order valence-corrected chi connectivity index (χ4v) is 3.32. The van der Waals surface area contributed by atoms with Crippen LogP contribution < -0.4 is 10.1 Å². The number of hydrogen-bond donors (Lipinski definition) is 2. The highest BCUT2D eigenvalue weighted by Crippen LogP contribution is 2.29. The third kappa shape index (κ3) is 4.71. The quantitative estimate of drug-likeness (QED) is 0.867. The second-order valence-electron chi connectivity index (χ2n) is 7.01. The summed E-state index contributed by atoms with van der Waals surface area (Å²) in [6, 6.07) is 11.5. The van der Waals surface area contributed by atoms with E-state index in [-0.39, 0.29) is 11.8 Å². The Morgan fingerprint density at radius 2 is 1.89 bits per heavy atom. The van der Waals surface area contributed by atoms with E-state index < -0.39 is 0 Å². The summed E-state index contributed by atoms with van der Waals surface area (Å²) in [7, 11) is 1.61. The molecule has 1 aliphatic rings. The van der Waals surface area contributed by atoms with Crippen LogP contribution in [0.4, 0.5) is 10.5 Å². The maximum atomic E-state index is 12.5. The van der Waals surface area contributed by atoms with Crippen LogP contribution in [0.2, 0.25) is 0 Å². The van der Waals surface area contributed by atoms with Crippen LogP contribution in [0.1, 0.15) is 16.7 Å². The molecule has 0 aromatic heterocycles. The Balaban J connectivity index is 1.54. The van der Waals surface area contributed by atoms with Gasteiger partial charge in [0.25, 0.3) is 0 Å². The molecule has 27 heavy (non-hydrogen) atoms. The number of amides is 2. The van der Waals surface area contributed by atoms with Crippen molar-refractivity contribution in [2.45, 2.75) is 20.4 Å². The van der Waals surface area contributed by atoms with Crippen molar-refractivity contribution < 1.29 is 14.6 Å². The summed E-state index contributed by atoms with van der Waals surface area (Å²) in [5.74, 6) is 0.946. The Kier molecular flexibility index (Phi) is 5.86. The third-order valence-electron chi connectivity index (χ3n) is 4.95. The van der Waals surface area contributed by atoms with Gasteiger partial charge in [-0.2, -0.15) is 0 Å². The van der Waals surface area contributed by atoms with Crippen molar-refractivity contribution in [3.63, 3.8) is 0 Å². The number of phenolic OH excluding ortho intramolecular Hbond substituents is 1. The predicted molar refractivity (Wildman–Crippen MR) is 106 cm³/mol. The lowest BCUT2D eigenvalue weighted by Gasteiger charge is -2.34. The fourth-order valence-electron chi connectivity index (χ4n) is 3.32. The SMILES string of the molecule is COc1cc(CN2CCN(C(=O)Nc3cccc(C)c3)CC2)cc(O)c1C. The molecule has 0 atom stereocenters. The van der Waals surface area contributed by atoms with Crippen LogP contribution in [0.3, 0.4) is 0 Å². The van der Waals surface area contributed by atoms with E-state index >= 15 is 0 Å². The topological polar surface area (TPSA) is 65.0 Å². The molecule has 144 valence electrons. The number of carbonyl (C=O) groups excluding carboxylic acids is 1. The maximum absolute atomic E-state index is 12.5. The highest BCUT2D eigenvalue weighted by atomic mass is 16.5. The number of carbonyl (C=O) groups is 1. The molecule has 0 aliphatic carbocycles. The van der Waals surface area contributed by atoms with Crippen molar-refractivity contribution in [1.29, 1.82) is 0 Å². The molecule has 6 heteroatoms. The smallest absolute Gasteiger partial charge is 0.321 e. The highest BCUT2D eigenvalue weighted by molar-refractivity contribution is 5.89. The number of urea groups is 1. The van der Waals surface area contributed by atoms with E-state index in [9.17, 15) is 9.90 Å². The van der Waals surface area contributed by atoms with Crippen LogP contribution in [-0.2, 0) is 6.54 Å². The number of piperazine rings is 1. The molecule has 2 aromatic carbocycles. The van der Waals surface area contributed by atoms with Crippen LogP contribution in [0.5, 0.6) is 11.5 Å². The van der Waals surface area contributed by atoms with Crippen molar-refractivity contribution in [1.82, 2.24) is 9.80 Å². The van der Waals surface area contributed by atoms with Crippen LogP contribution in [0, 0.1) is 13.8 Å². The van der Waals surface area contributed by atoms with E-state index in [1.807, 2.05) is 49.1 Å². The van der Waals surface area contributed by atoms with Gasteiger partial charge in [0.05, 0.1) is 7.11 Å². The molecule has 2 aromatic rings. The lowest BCUT2D eigenvalue weighted by atomic mass is 10.1. The van der Waals surface area contributed by atoms with Gasteiger partial charge in [-0.3, -0.25) is 4.90 Å². The van der Waals surface area contributed by atoms with E-state index in [0.29, 0.717) is 18.8 Å². The highest BCUT2D eigenvalue weighted by Gasteiger charge is 2.21.